The summed E-state index contributed by atoms with van der Waals surface area (Å²) in [6.07, 6.45) is 3.72. The molecule has 0 aliphatic heterocycles. The van der Waals surface area contributed by atoms with Crippen molar-refractivity contribution in [2.75, 3.05) is 6.61 Å². The number of hydrogen-bond donors (Lipinski definition) is 4. The standard InChI is InChI=1S/C22H23N3O3/c26-14-22(11-1-2-12-22)23-21(28)18-9-5-16(6-10-18)15-3-7-17(8-4-15)19-13-20(27)25-24-19/h3-10,13,26H,1-2,11-12,14H2,(H,23,28)(H2,24,25,27). The van der Waals surface area contributed by atoms with Crippen LogP contribution < -0.4 is 10.9 Å². The molecule has 1 aliphatic carbocycles. The normalized spacial score (nSPS) is 15.5. The molecule has 2 aromatic carbocycles. The van der Waals surface area contributed by atoms with Crippen LogP contribution >= 0.6 is 0 Å². The van der Waals surface area contributed by atoms with E-state index in [1.807, 2.05) is 48.5 Å². The maximum atomic E-state index is 12.6. The quantitative estimate of drug-likeness (QED) is 0.550. The topological polar surface area (TPSA) is 98.0 Å². The summed E-state index contributed by atoms with van der Waals surface area (Å²) >= 11 is 0. The average molecular weight is 377 g/mol. The van der Waals surface area contributed by atoms with Gasteiger partial charge in [-0.25, -0.2) is 0 Å². The fraction of sp³-hybridized carbons (Fsp3) is 0.273. The van der Waals surface area contributed by atoms with Gasteiger partial charge >= 0.3 is 0 Å². The van der Waals surface area contributed by atoms with Gasteiger partial charge < -0.3 is 10.4 Å². The predicted molar refractivity (Wildman–Crippen MR) is 108 cm³/mol. The Labute approximate surface area is 162 Å². The van der Waals surface area contributed by atoms with E-state index in [-0.39, 0.29) is 18.1 Å². The molecule has 28 heavy (non-hydrogen) atoms. The molecule has 0 radical (unpaired) electrons. The second-order valence-electron chi connectivity index (χ2n) is 7.43. The van der Waals surface area contributed by atoms with Gasteiger partial charge in [-0.2, -0.15) is 0 Å². The molecule has 1 heterocycles. The van der Waals surface area contributed by atoms with Gasteiger partial charge in [0.1, 0.15) is 0 Å². The third kappa shape index (κ3) is 3.64. The van der Waals surface area contributed by atoms with Crippen molar-refractivity contribution in [3.8, 4) is 22.4 Å². The molecular weight excluding hydrogens is 354 g/mol. The molecule has 1 saturated carbocycles. The van der Waals surface area contributed by atoms with Crippen LogP contribution in [0.5, 0.6) is 0 Å². The van der Waals surface area contributed by atoms with Crippen LogP contribution in [-0.2, 0) is 0 Å². The number of H-pyrrole nitrogens is 2. The van der Waals surface area contributed by atoms with Crippen molar-refractivity contribution >= 4 is 5.91 Å². The number of hydrogen-bond acceptors (Lipinski definition) is 3. The minimum absolute atomic E-state index is 0.0183. The van der Waals surface area contributed by atoms with Crippen molar-refractivity contribution in [2.45, 2.75) is 31.2 Å². The molecule has 0 atom stereocenters. The minimum atomic E-state index is -0.467. The van der Waals surface area contributed by atoms with E-state index < -0.39 is 5.54 Å². The van der Waals surface area contributed by atoms with Crippen LogP contribution in [0.4, 0.5) is 0 Å². The van der Waals surface area contributed by atoms with Gasteiger partial charge in [0.2, 0.25) is 0 Å². The number of amides is 1. The van der Waals surface area contributed by atoms with Gasteiger partial charge in [-0.3, -0.25) is 19.8 Å². The van der Waals surface area contributed by atoms with Crippen LogP contribution in [0.15, 0.2) is 59.4 Å². The maximum absolute atomic E-state index is 12.6. The number of nitrogens with one attached hydrogen (secondary N) is 3. The van der Waals surface area contributed by atoms with Crippen LogP contribution in [0.2, 0.25) is 0 Å². The summed E-state index contributed by atoms with van der Waals surface area (Å²) in [6.45, 7) is -0.0183. The lowest BCUT2D eigenvalue weighted by Crippen LogP contribution is -2.49. The number of aliphatic hydroxyl groups is 1. The fourth-order valence-corrected chi connectivity index (χ4v) is 3.83. The van der Waals surface area contributed by atoms with Crippen LogP contribution in [0.1, 0.15) is 36.0 Å². The van der Waals surface area contributed by atoms with E-state index in [4.69, 9.17) is 0 Å². The smallest absolute Gasteiger partial charge is 0.264 e. The highest BCUT2D eigenvalue weighted by Crippen LogP contribution is 2.30. The van der Waals surface area contributed by atoms with Gasteiger partial charge in [-0.05, 0) is 41.7 Å². The molecule has 1 aromatic heterocycles. The summed E-state index contributed by atoms with van der Waals surface area (Å²) in [7, 11) is 0. The first-order chi connectivity index (χ1) is 13.6. The molecule has 4 rings (SSSR count). The molecule has 1 amide bonds. The number of aromatic nitrogens is 2. The van der Waals surface area contributed by atoms with Gasteiger partial charge in [0, 0.05) is 11.6 Å². The summed E-state index contributed by atoms with van der Waals surface area (Å²) in [4.78, 5) is 23.8. The Bertz CT molecular complexity index is 1010. The third-order valence-corrected chi connectivity index (χ3v) is 5.51. The number of aromatic amines is 2. The summed E-state index contributed by atoms with van der Waals surface area (Å²) < 4.78 is 0. The lowest BCUT2D eigenvalue weighted by molar-refractivity contribution is 0.0838. The molecule has 0 saturated heterocycles. The van der Waals surface area contributed by atoms with Crippen molar-refractivity contribution in [3.63, 3.8) is 0 Å². The molecule has 1 fully saturated rings. The van der Waals surface area contributed by atoms with Crippen molar-refractivity contribution in [3.05, 3.63) is 70.5 Å². The van der Waals surface area contributed by atoms with Crippen molar-refractivity contribution in [2.24, 2.45) is 0 Å². The van der Waals surface area contributed by atoms with Gasteiger partial charge in [-0.1, -0.05) is 49.2 Å². The number of rotatable bonds is 5. The van der Waals surface area contributed by atoms with E-state index in [0.29, 0.717) is 5.56 Å². The van der Waals surface area contributed by atoms with E-state index in [1.165, 1.54) is 6.07 Å². The monoisotopic (exact) mass is 377 g/mol. The highest BCUT2D eigenvalue weighted by atomic mass is 16.3. The third-order valence-electron chi connectivity index (χ3n) is 5.51. The minimum Gasteiger partial charge on any atom is -0.394 e. The molecular formula is C22H23N3O3. The molecule has 144 valence electrons. The van der Waals surface area contributed by atoms with Crippen LogP contribution in [0, 0.1) is 0 Å². The van der Waals surface area contributed by atoms with E-state index in [2.05, 4.69) is 15.5 Å². The van der Waals surface area contributed by atoms with Crippen LogP contribution in [0.3, 0.4) is 0 Å². The van der Waals surface area contributed by atoms with Gasteiger partial charge in [0.05, 0.1) is 17.8 Å². The van der Waals surface area contributed by atoms with E-state index >= 15 is 0 Å². The second-order valence-corrected chi connectivity index (χ2v) is 7.43. The molecule has 6 nitrogen and oxygen atoms in total. The number of benzene rings is 2. The average Bonchev–Trinajstić information content (AvgIpc) is 3.38. The van der Waals surface area contributed by atoms with Crippen molar-refractivity contribution in [1.29, 1.82) is 0 Å². The lowest BCUT2D eigenvalue weighted by Gasteiger charge is -2.28. The molecule has 3 aromatic rings. The first kappa shape index (κ1) is 18.3. The molecule has 0 spiro atoms. The zero-order chi connectivity index (χ0) is 19.6. The molecule has 6 heteroatoms. The fourth-order valence-electron chi connectivity index (χ4n) is 3.83. The Balaban J connectivity index is 1.48. The zero-order valence-corrected chi connectivity index (χ0v) is 15.5. The molecule has 1 aliphatic rings. The summed E-state index contributed by atoms with van der Waals surface area (Å²) in [5, 5.41) is 18.1. The van der Waals surface area contributed by atoms with E-state index in [1.54, 1.807) is 0 Å². The second kappa shape index (κ2) is 7.48. The molecule has 4 N–H and O–H groups in total. The predicted octanol–water partition coefficient (Wildman–Crippen LogP) is 3.07. The zero-order valence-electron chi connectivity index (χ0n) is 15.5. The van der Waals surface area contributed by atoms with Crippen molar-refractivity contribution in [1.82, 2.24) is 15.5 Å². The van der Waals surface area contributed by atoms with Crippen LogP contribution in [0.25, 0.3) is 22.4 Å². The number of carbonyl (C=O) groups is 1. The maximum Gasteiger partial charge on any atom is 0.264 e. The van der Waals surface area contributed by atoms with Crippen LogP contribution in [-0.4, -0.2) is 33.4 Å². The molecule has 0 bridgehead atoms. The summed E-state index contributed by atoms with van der Waals surface area (Å²) in [5.41, 5.74) is 3.65. The highest BCUT2D eigenvalue weighted by Gasteiger charge is 2.34. The van der Waals surface area contributed by atoms with E-state index in [9.17, 15) is 14.7 Å². The number of aliphatic hydroxyl groups excluding tert-OH is 1. The Morgan fingerprint density at radius 2 is 1.50 bits per heavy atom. The molecule has 0 unspecified atom stereocenters. The highest BCUT2D eigenvalue weighted by molar-refractivity contribution is 5.95. The first-order valence-corrected chi connectivity index (χ1v) is 9.51. The Morgan fingerprint density at radius 1 is 0.929 bits per heavy atom. The van der Waals surface area contributed by atoms with Gasteiger partial charge in [0.25, 0.3) is 11.5 Å². The Kier molecular flexibility index (Phi) is 4.88. The lowest BCUT2D eigenvalue weighted by atomic mass is 9.97. The number of carbonyl (C=O) groups excluding carboxylic acids is 1. The SMILES string of the molecule is O=C(NC1(CO)CCCC1)c1ccc(-c2ccc(-c3cc(=O)[nH][nH]3)cc2)cc1. The summed E-state index contributed by atoms with van der Waals surface area (Å²) in [5.74, 6) is -0.144. The van der Waals surface area contributed by atoms with Gasteiger partial charge in [0.15, 0.2) is 0 Å². The van der Waals surface area contributed by atoms with Crippen molar-refractivity contribution < 1.29 is 9.90 Å². The Morgan fingerprint density at radius 3 is 2.04 bits per heavy atom. The Hall–Kier alpha value is -3.12. The largest absolute Gasteiger partial charge is 0.394 e. The summed E-state index contributed by atoms with van der Waals surface area (Å²) in [6, 6.07) is 16.8. The van der Waals surface area contributed by atoms with Gasteiger partial charge in [-0.15, -0.1) is 0 Å². The first-order valence-electron chi connectivity index (χ1n) is 9.51. The van der Waals surface area contributed by atoms with E-state index in [0.717, 1.165) is 48.1 Å².